The zero-order valence-electron chi connectivity index (χ0n) is 32.0. The Morgan fingerprint density at radius 3 is 2.68 bits per heavy atom. The summed E-state index contributed by atoms with van der Waals surface area (Å²) in [5, 5.41) is 17.3. The van der Waals surface area contributed by atoms with Gasteiger partial charge in [0, 0.05) is 24.9 Å². The van der Waals surface area contributed by atoms with Crippen molar-refractivity contribution in [2.75, 3.05) is 13.4 Å². The minimum absolute atomic E-state index is 0.0000459. The molecule has 2 aromatic rings. The standard InChI is InChI=1S/C42H51N3O11/c1-41(2,3)55-33(47)16-14-29(22-46)44-38(48)27-10-6-7-25(17-27)20-43-40(50)42-19-32-34-35(52-23-51-34)37(42)56-45(36(42)39(49)54-32)21-28-9-5-4-8-26(28)13-11-24-12-15-30-31(18-24)53-30/h4-11,13,17,24,29-32,34-37,46H,12,14-16,18-23H2,1-3H3,(H,43,50)(H,44,48). The summed E-state index contributed by atoms with van der Waals surface area (Å²) < 4.78 is 28.9. The molecule has 300 valence electrons. The van der Waals surface area contributed by atoms with Crippen LogP contribution in [0.2, 0.25) is 0 Å². The van der Waals surface area contributed by atoms with Crippen molar-refractivity contribution in [1.29, 1.82) is 0 Å². The molecule has 2 saturated carbocycles. The van der Waals surface area contributed by atoms with Crippen LogP contribution in [0.3, 0.4) is 0 Å². The van der Waals surface area contributed by atoms with Gasteiger partial charge in [-0.2, -0.15) is 5.06 Å². The number of esters is 2. The average molecular weight is 774 g/mol. The van der Waals surface area contributed by atoms with Gasteiger partial charge < -0.3 is 39.4 Å². The third kappa shape index (κ3) is 7.87. The molecule has 6 aliphatic rings. The van der Waals surface area contributed by atoms with Crippen LogP contribution < -0.4 is 10.6 Å². The second-order valence-corrected chi connectivity index (χ2v) is 16.8. The highest BCUT2D eigenvalue weighted by atomic mass is 16.8. The van der Waals surface area contributed by atoms with Gasteiger partial charge in [0.1, 0.15) is 42.2 Å². The highest BCUT2D eigenvalue weighted by Crippen LogP contribution is 2.55. The Morgan fingerprint density at radius 1 is 1.05 bits per heavy atom. The summed E-state index contributed by atoms with van der Waals surface area (Å²) in [7, 11) is 0. The van der Waals surface area contributed by atoms with Gasteiger partial charge in [-0.25, -0.2) is 0 Å². The van der Waals surface area contributed by atoms with E-state index in [9.17, 15) is 24.3 Å². The molecule has 3 N–H and O–H groups in total. The Balaban J connectivity index is 0.967. The molecule has 10 unspecified atom stereocenters. The zero-order chi connectivity index (χ0) is 39.2. The number of ether oxygens (including phenoxy) is 5. The lowest BCUT2D eigenvalue weighted by atomic mass is 9.62. The van der Waals surface area contributed by atoms with Crippen LogP contribution in [0.4, 0.5) is 0 Å². The van der Waals surface area contributed by atoms with Crippen LogP contribution in [0.1, 0.15) is 86.3 Å². The van der Waals surface area contributed by atoms with Crippen LogP contribution >= 0.6 is 0 Å². The maximum atomic E-state index is 14.6. The van der Waals surface area contributed by atoms with Crippen molar-refractivity contribution in [1.82, 2.24) is 15.7 Å². The molecular formula is C42H51N3O11. The second-order valence-electron chi connectivity index (χ2n) is 16.8. The van der Waals surface area contributed by atoms with Crippen LogP contribution in [0.5, 0.6) is 0 Å². The summed E-state index contributed by atoms with van der Waals surface area (Å²) in [6.45, 7) is 5.27. The normalized spacial score (nSPS) is 32.2. The van der Waals surface area contributed by atoms with E-state index in [0.717, 1.165) is 30.4 Å². The number of benzene rings is 2. The van der Waals surface area contributed by atoms with Crippen molar-refractivity contribution in [2.45, 2.75) is 127 Å². The summed E-state index contributed by atoms with van der Waals surface area (Å²) in [6, 6.07) is 13.0. The molecule has 2 aromatic carbocycles. The van der Waals surface area contributed by atoms with Crippen molar-refractivity contribution >= 4 is 29.8 Å². The summed E-state index contributed by atoms with van der Waals surface area (Å²) in [5.41, 5.74) is 0.938. The van der Waals surface area contributed by atoms with E-state index in [2.05, 4.69) is 22.8 Å². The number of rotatable bonds is 13. The van der Waals surface area contributed by atoms with Crippen LogP contribution in [0.25, 0.3) is 6.08 Å². The maximum absolute atomic E-state index is 14.6. The third-order valence-corrected chi connectivity index (χ3v) is 11.8. The first-order valence-electron chi connectivity index (χ1n) is 19.7. The van der Waals surface area contributed by atoms with E-state index < -0.39 is 65.4 Å². The van der Waals surface area contributed by atoms with E-state index in [1.54, 1.807) is 50.1 Å². The number of aliphatic hydroxyl groups is 1. The highest BCUT2D eigenvalue weighted by Gasteiger charge is 2.74. The topological polar surface area (TPSA) is 174 Å². The summed E-state index contributed by atoms with van der Waals surface area (Å²) in [5.74, 6) is -1.34. The molecule has 10 atom stereocenters. The number of allylic oxidation sites excluding steroid dienone is 1. The van der Waals surface area contributed by atoms with Crippen molar-refractivity contribution < 1.29 is 52.8 Å². The Labute approximate surface area is 326 Å². The molecule has 56 heavy (non-hydrogen) atoms. The minimum Gasteiger partial charge on any atom is -0.460 e. The third-order valence-electron chi connectivity index (χ3n) is 11.8. The molecule has 2 bridgehead atoms. The molecular weight excluding hydrogens is 722 g/mol. The zero-order valence-corrected chi connectivity index (χ0v) is 32.0. The fraction of sp³-hybridized carbons (Fsp3) is 0.571. The number of epoxide rings is 1. The molecule has 0 aromatic heterocycles. The number of hydroxylamine groups is 2. The first-order valence-corrected chi connectivity index (χ1v) is 19.7. The molecule has 4 heterocycles. The largest absolute Gasteiger partial charge is 0.460 e. The highest BCUT2D eigenvalue weighted by molar-refractivity contribution is 5.95. The van der Waals surface area contributed by atoms with E-state index in [4.69, 9.17) is 28.5 Å². The fourth-order valence-corrected chi connectivity index (χ4v) is 9.02. The number of hydrogen-bond acceptors (Lipinski definition) is 12. The Bertz CT molecular complexity index is 1860. The lowest BCUT2D eigenvalue weighted by Crippen LogP contribution is -2.69. The van der Waals surface area contributed by atoms with E-state index in [1.807, 2.05) is 24.3 Å². The first-order chi connectivity index (χ1) is 26.9. The van der Waals surface area contributed by atoms with Crippen molar-refractivity contribution in [3.05, 3.63) is 76.9 Å². The number of carbonyl (C=O) groups is 4. The molecule has 0 radical (unpaired) electrons. The lowest BCUT2D eigenvalue weighted by molar-refractivity contribution is -0.201. The van der Waals surface area contributed by atoms with E-state index >= 15 is 0 Å². The molecule has 14 nitrogen and oxygen atoms in total. The second kappa shape index (κ2) is 15.6. The Morgan fingerprint density at radius 2 is 1.88 bits per heavy atom. The average Bonchev–Trinajstić information content (AvgIpc) is 3.60. The van der Waals surface area contributed by atoms with Crippen LogP contribution in [-0.2, 0) is 56.0 Å². The van der Waals surface area contributed by atoms with Gasteiger partial charge in [-0.05, 0) is 81.2 Å². The summed E-state index contributed by atoms with van der Waals surface area (Å²) in [6.07, 6.45) is 6.14. The number of amides is 2. The molecule has 4 saturated heterocycles. The van der Waals surface area contributed by atoms with Gasteiger partial charge >= 0.3 is 11.9 Å². The summed E-state index contributed by atoms with van der Waals surface area (Å²) in [4.78, 5) is 60.6. The summed E-state index contributed by atoms with van der Waals surface area (Å²) >= 11 is 0. The van der Waals surface area contributed by atoms with Gasteiger partial charge in [-0.1, -0.05) is 48.6 Å². The van der Waals surface area contributed by atoms with Gasteiger partial charge in [-0.3, -0.25) is 24.0 Å². The van der Waals surface area contributed by atoms with Gasteiger partial charge in [-0.15, -0.1) is 0 Å². The molecule has 8 rings (SSSR count). The molecule has 2 amide bonds. The predicted molar refractivity (Wildman–Crippen MR) is 199 cm³/mol. The van der Waals surface area contributed by atoms with E-state index in [-0.39, 0.29) is 51.7 Å². The molecule has 2 aliphatic carbocycles. The Hall–Kier alpha value is -4.18. The van der Waals surface area contributed by atoms with E-state index in [1.165, 1.54) is 0 Å². The van der Waals surface area contributed by atoms with Crippen LogP contribution in [0.15, 0.2) is 54.6 Å². The SMILES string of the molecule is CC(C)(C)OC(=O)CCC(CO)NC(=O)c1cccc(CNC(=O)C23CC4OC(=O)C2N(Cc2ccccc2C=CC2CCC5OC5C2)OC3C2OCOC42)c1. The first kappa shape index (κ1) is 38.7. The maximum Gasteiger partial charge on any atom is 0.327 e. The van der Waals surface area contributed by atoms with Gasteiger partial charge in [0.05, 0.1) is 31.4 Å². The van der Waals surface area contributed by atoms with Crippen molar-refractivity contribution in [2.24, 2.45) is 11.3 Å². The number of carbonyl (C=O) groups excluding carboxylic acids is 4. The predicted octanol–water partition coefficient (Wildman–Crippen LogP) is 3.34. The van der Waals surface area contributed by atoms with E-state index in [0.29, 0.717) is 29.3 Å². The number of hydrogen-bond donors (Lipinski definition) is 3. The molecule has 4 aliphatic heterocycles. The number of aliphatic hydroxyl groups excluding tert-OH is 1. The lowest BCUT2D eigenvalue weighted by Gasteiger charge is -2.48. The monoisotopic (exact) mass is 773 g/mol. The number of nitrogens with one attached hydrogen (secondary N) is 2. The van der Waals surface area contributed by atoms with Gasteiger partial charge in [0.2, 0.25) is 5.91 Å². The number of nitrogens with zero attached hydrogens (tertiary/aromatic N) is 1. The van der Waals surface area contributed by atoms with Crippen molar-refractivity contribution in [3.8, 4) is 0 Å². The van der Waals surface area contributed by atoms with Crippen LogP contribution in [-0.4, -0.2) is 102 Å². The quantitative estimate of drug-likeness (QED) is 0.201. The number of fused-ring (bicyclic) bond motifs is 5. The molecule has 14 heteroatoms. The van der Waals surface area contributed by atoms with Crippen LogP contribution in [0, 0.1) is 11.3 Å². The molecule has 0 spiro atoms. The molecule has 6 fully saturated rings. The van der Waals surface area contributed by atoms with Gasteiger partial charge in [0.25, 0.3) is 5.91 Å². The smallest absolute Gasteiger partial charge is 0.327 e. The van der Waals surface area contributed by atoms with Crippen molar-refractivity contribution in [3.63, 3.8) is 0 Å². The van der Waals surface area contributed by atoms with Gasteiger partial charge in [0.15, 0.2) is 6.04 Å². The minimum atomic E-state index is -1.33. The Kier molecular flexibility index (Phi) is 10.8. The fourth-order valence-electron chi connectivity index (χ4n) is 9.02.